The average molecular weight is 459 g/mol. The van der Waals surface area contributed by atoms with Gasteiger partial charge in [-0.1, -0.05) is 37.3 Å². The number of ether oxygens (including phenoxy) is 1. The molecule has 0 saturated carbocycles. The minimum atomic E-state index is 0.250. The fourth-order valence-electron chi connectivity index (χ4n) is 4.95. The van der Waals surface area contributed by atoms with Gasteiger partial charge in [-0.25, -0.2) is 4.98 Å². The molecule has 1 aliphatic heterocycles. The zero-order valence-corrected chi connectivity index (χ0v) is 20.5. The molecular formula is C28H30N2O2S. The molecule has 0 radical (unpaired) electrons. The van der Waals surface area contributed by atoms with Crippen molar-refractivity contribution in [2.75, 3.05) is 13.7 Å². The van der Waals surface area contributed by atoms with Gasteiger partial charge in [-0.05, 0) is 67.6 Å². The van der Waals surface area contributed by atoms with E-state index < -0.39 is 0 Å². The molecule has 0 amide bonds. The largest absolute Gasteiger partial charge is 0.497 e. The first-order valence-electron chi connectivity index (χ1n) is 11.6. The summed E-state index contributed by atoms with van der Waals surface area (Å²) >= 11 is 1.97. The summed E-state index contributed by atoms with van der Waals surface area (Å²) in [6, 6.07) is 19.0. The Hall–Kier alpha value is -2.89. The van der Waals surface area contributed by atoms with Crippen LogP contribution in [0.5, 0.6) is 5.75 Å². The Bertz CT molecular complexity index is 1240. The fraction of sp³-hybridized carbons (Fsp3) is 0.321. The lowest BCUT2D eigenvalue weighted by Gasteiger charge is -2.36. The summed E-state index contributed by atoms with van der Waals surface area (Å²) in [7, 11) is 1.67. The van der Waals surface area contributed by atoms with Gasteiger partial charge in [0.25, 0.3) is 0 Å². The van der Waals surface area contributed by atoms with Crippen LogP contribution in [-0.2, 0) is 19.4 Å². The molecule has 2 aromatic carbocycles. The zero-order valence-electron chi connectivity index (χ0n) is 19.7. The number of hydrogen-bond donors (Lipinski definition) is 0. The molecule has 4 nitrogen and oxygen atoms in total. The molecule has 170 valence electrons. The van der Waals surface area contributed by atoms with E-state index in [1.54, 1.807) is 18.2 Å². The molecule has 2 aromatic heterocycles. The second kappa shape index (κ2) is 9.16. The maximum absolute atomic E-state index is 6.09. The van der Waals surface area contributed by atoms with Gasteiger partial charge >= 0.3 is 0 Å². The standard InChI is InChI=1S/C28H30N2O2S/c1-5-23-19(3)33-27-24(23)15-16-30(26(27)20-9-7-6-8-10-20)17-25-18(2)32-28(29-25)21-11-13-22(31-4)14-12-21/h6-14,26H,5,15-17H2,1-4H3. The van der Waals surface area contributed by atoms with E-state index in [0.29, 0.717) is 5.89 Å². The Balaban J connectivity index is 1.49. The molecule has 0 N–H and O–H groups in total. The number of fused-ring (bicyclic) bond motifs is 1. The summed E-state index contributed by atoms with van der Waals surface area (Å²) in [4.78, 5) is 10.4. The molecule has 3 heterocycles. The highest BCUT2D eigenvalue weighted by Crippen LogP contribution is 2.43. The Morgan fingerprint density at radius 1 is 1.09 bits per heavy atom. The summed E-state index contributed by atoms with van der Waals surface area (Å²) in [6.45, 7) is 8.35. The SMILES string of the molecule is CCc1c(C)sc2c1CCN(Cc1nc(-c3ccc(OC)cc3)oc1C)C2c1ccccc1. The third-order valence-corrected chi connectivity index (χ3v) is 7.91. The van der Waals surface area contributed by atoms with E-state index in [4.69, 9.17) is 14.1 Å². The monoisotopic (exact) mass is 458 g/mol. The Kier molecular flexibility index (Phi) is 6.09. The molecule has 4 aromatic rings. The molecule has 33 heavy (non-hydrogen) atoms. The number of oxazole rings is 1. The normalized spacial score (nSPS) is 16.1. The topological polar surface area (TPSA) is 38.5 Å². The van der Waals surface area contributed by atoms with Crippen molar-refractivity contribution in [2.45, 2.75) is 46.2 Å². The van der Waals surface area contributed by atoms with Crippen LogP contribution in [0.2, 0.25) is 0 Å². The number of aromatic nitrogens is 1. The summed E-state index contributed by atoms with van der Waals surface area (Å²) in [5, 5.41) is 0. The van der Waals surface area contributed by atoms with E-state index in [2.05, 4.69) is 49.1 Å². The third-order valence-electron chi connectivity index (χ3n) is 6.66. The number of nitrogens with zero attached hydrogens (tertiary/aromatic N) is 2. The van der Waals surface area contributed by atoms with Crippen molar-refractivity contribution in [3.63, 3.8) is 0 Å². The van der Waals surface area contributed by atoms with Gasteiger partial charge in [-0.2, -0.15) is 0 Å². The van der Waals surface area contributed by atoms with Gasteiger partial charge in [-0.15, -0.1) is 11.3 Å². The molecule has 0 aliphatic carbocycles. The molecule has 0 bridgehead atoms. The number of thiophene rings is 1. The maximum Gasteiger partial charge on any atom is 0.226 e. The molecule has 0 fully saturated rings. The Morgan fingerprint density at radius 3 is 2.55 bits per heavy atom. The molecule has 1 atom stereocenters. The van der Waals surface area contributed by atoms with Crippen LogP contribution in [0.25, 0.3) is 11.5 Å². The van der Waals surface area contributed by atoms with Gasteiger partial charge in [0.15, 0.2) is 0 Å². The van der Waals surface area contributed by atoms with E-state index in [9.17, 15) is 0 Å². The van der Waals surface area contributed by atoms with E-state index in [1.165, 1.54) is 15.3 Å². The first kappa shape index (κ1) is 21.9. The van der Waals surface area contributed by atoms with Crippen LogP contribution in [0.1, 0.15) is 50.9 Å². The average Bonchev–Trinajstić information content (AvgIpc) is 3.37. The van der Waals surface area contributed by atoms with Gasteiger partial charge in [0.1, 0.15) is 11.5 Å². The van der Waals surface area contributed by atoms with Crippen molar-refractivity contribution in [1.29, 1.82) is 0 Å². The summed E-state index contributed by atoms with van der Waals surface area (Å²) < 4.78 is 11.4. The Labute approximate surface area is 199 Å². The van der Waals surface area contributed by atoms with Gasteiger partial charge < -0.3 is 9.15 Å². The predicted octanol–water partition coefficient (Wildman–Crippen LogP) is 6.74. The number of rotatable bonds is 6. The van der Waals surface area contributed by atoms with Gasteiger partial charge in [0, 0.05) is 28.4 Å². The molecule has 0 spiro atoms. The highest BCUT2D eigenvalue weighted by molar-refractivity contribution is 7.12. The van der Waals surface area contributed by atoms with Crippen LogP contribution in [0.4, 0.5) is 0 Å². The summed E-state index contributed by atoms with van der Waals surface area (Å²) in [5.41, 5.74) is 6.44. The van der Waals surface area contributed by atoms with Gasteiger partial charge in [0.05, 0.1) is 18.8 Å². The highest BCUT2D eigenvalue weighted by atomic mass is 32.1. The lowest BCUT2D eigenvalue weighted by Crippen LogP contribution is -2.35. The van der Waals surface area contributed by atoms with Crippen molar-refractivity contribution in [3.8, 4) is 17.2 Å². The lowest BCUT2D eigenvalue weighted by molar-refractivity contribution is 0.204. The van der Waals surface area contributed by atoms with Crippen molar-refractivity contribution < 1.29 is 9.15 Å². The summed E-state index contributed by atoms with van der Waals surface area (Å²) in [6.07, 6.45) is 2.20. The quantitative estimate of drug-likeness (QED) is 0.321. The number of benzene rings is 2. The third kappa shape index (κ3) is 4.11. The number of methoxy groups -OCH3 is 1. The van der Waals surface area contributed by atoms with Crippen LogP contribution >= 0.6 is 11.3 Å². The lowest BCUT2D eigenvalue weighted by atomic mass is 9.91. The second-order valence-electron chi connectivity index (χ2n) is 8.62. The number of aryl methyl sites for hydroxylation is 2. The number of hydrogen-bond acceptors (Lipinski definition) is 5. The molecule has 1 aliphatic rings. The van der Waals surface area contributed by atoms with Gasteiger partial charge in [-0.3, -0.25) is 4.90 Å². The molecule has 5 rings (SSSR count). The molecule has 1 unspecified atom stereocenters. The molecular weight excluding hydrogens is 428 g/mol. The minimum Gasteiger partial charge on any atom is -0.497 e. The van der Waals surface area contributed by atoms with E-state index >= 15 is 0 Å². The van der Waals surface area contributed by atoms with E-state index in [-0.39, 0.29) is 6.04 Å². The maximum atomic E-state index is 6.09. The first-order chi connectivity index (χ1) is 16.1. The van der Waals surface area contributed by atoms with E-state index in [1.807, 2.05) is 42.5 Å². The second-order valence-corrected chi connectivity index (χ2v) is 9.87. The summed E-state index contributed by atoms with van der Waals surface area (Å²) in [5.74, 6) is 2.38. The van der Waals surface area contributed by atoms with Crippen LogP contribution in [-0.4, -0.2) is 23.5 Å². The molecule has 0 saturated heterocycles. The van der Waals surface area contributed by atoms with Crippen LogP contribution in [0.3, 0.4) is 0 Å². The van der Waals surface area contributed by atoms with Crippen molar-refractivity contribution >= 4 is 11.3 Å². The zero-order chi connectivity index (χ0) is 22.9. The Morgan fingerprint density at radius 2 is 1.85 bits per heavy atom. The van der Waals surface area contributed by atoms with Crippen molar-refractivity contribution in [3.05, 3.63) is 92.5 Å². The van der Waals surface area contributed by atoms with Crippen molar-refractivity contribution in [2.24, 2.45) is 0 Å². The van der Waals surface area contributed by atoms with E-state index in [0.717, 1.165) is 48.7 Å². The van der Waals surface area contributed by atoms with Crippen LogP contribution in [0.15, 0.2) is 59.0 Å². The van der Waals surface area contributed by atoms with Crippen LogP contribution in [0, 0.1) is 13.8 Å². The van der Waals surface area contributed by atoms with Crippen LogP contribution < -0.4 is 4.74 Å². The van der Waals surface area contributed by atoms with Crippen molar-refractivity contribution in [1.82, 2.24) is 9.88 Å². The van der Waals surface area contributed by atoms with Gasteiger partial charge in [0.2, 0.25) is 5.89 Å². The first-order valence-corrected chi connectivity index (χ1v) is 12.4. The minimum absolute atomic E-state index is 0.250. The predicted molar refractivity (Wildman–Crippen MR) is 134 cm³/mol. The highest BCUT2D eigenvalue weighted by Gasteiger charge is 2.33. The fourth-order valence-corrected chi connectivity index (χ4v) is 6.41. The molecule has 5 heteroatoms. The smallest absolute Gasteiger partial charge is 0.226 e.